The van der Waals surface area contributed by atoms with Crippen molar-refractivity contribution in [1.82, 2.24) is 9.97 Å². The normalized spacial score (nSPS) is 11.9. The highest BCUT2D eigenvalue weighted by Gasteiger charge is 2.24. The molecule has 2 aromatic heterocycles. The highest BCUT2D eigenvalue weighted by Crippen LogP contribution is 2.36. The first kappa shape index (κ1) is 14.9. The molecular formula is C18H14N2O3. The molecule has 3 rings (SSSR count). The van der Waals surface area contributed by atoms with Gasteiger partial charge in [-0.25, -0.2) is 4.79 Å². The number of aliphatic hydroxyl groups is 1. The number of benzene rings is 1. The molecule has 1 atom stereocenters. The van der Waals surface area contributed by atoms with Gasteiger partial charge in [0.2, 0.25) is 0 Å². The lowest BCUT2D eigenvalue weighted by atomic mass is 9.89. The smallest absolute Gasteiger partial charge is 0.337 e. The molecule has 0 aliphatic carbocycles. The predicted molar refractivity (Wildman–Crippen MR) is 85.5 cm³/mol. The summed E-state index contributed by atoms with van der Waals surface area (Å²) in [5.41, 5.74) is 3.28. The van der Waals surface area contributed by atoms with Crippen molar-refractivity contribution in [3.05, 3.63) is 72.8 Å². The largest absolute Gasteiger partial charge is 0.479 e. The van der Waals surface area contributed by atoms with Crippen LogP contribution in [0.1, 0.15) is 11.7 Å². The number of nitrogens with zero attached hydrogens (tertiary/aromatic N) is 2. The number of carboxylic acid groups (broad SMARTS) is 1. The Hall–Kier alpha value is -3.05. The number of aliphatic carboxylic acids is 1. The van der Waals surface area contributed by atoms with Crippen molar-refractivity contribution < 1.29 is 15.0 Å². The molecule has 0 radical (unpaired) electrons. The maximum Gasteiger partial charge on any atom is 0.337 e. The highest BCUT2D eigenvalue weighted by molar-refractivity contribution is 5.86. The Bertz CT molecular complexity index is 762. The monoisotopic (exact) mass is 306 g/mol. The molecule has 3 aromatic rings. The molecule has 1 unspecified atom stereocenters. The highest BCUT2D eigenvalue weighted by atomic mass is 16.4. The lowest BCUT2D eigenvalue weighted by molar-refractivity contribution is -0.146. The van der Waals surface area contributed by atoms with Gasteiger partial charge in [-0.15, -0.1) is 0 Å². The van der Waals surface area contributed by atoms with Gasteiger partial charge in [-0.05, 0) is 46.5 Å². The van der Waals surface area contributed by atoms with Crippen LogP contribution in [0.15, 0.2) is 67.3 Å². The molecule has 0 amide bonds. The van der Waals surface area contributed by atoms with Gasteiger partial charge in [-0.3, -0.25) is 9.97 Å². The van der Waals surface area contributed by atoms with Crippen molar-refractivity contribution in [3.63, 3.8) is 0 Å². The third kappa shape index (κ3) is 2.95. The molecule has 0 spiro atoms. The van der Waals surface area contributed by atoms with E-state index >= 15 is 0 Å². The van der Waals surface area contributed by atoms with Crippen LogP contribution in [0.4, 0.5) is 0 Å². The van der Waals surface area contributed by atoms with Crippen LogP contribution in [0.2, 0.25) is 0 Å². The second kappa shape index (κ2) is 6.37. The molecule has 2 heterocycles. The zero-order valence-electron chi connectivity index (χ0n) is 12.1. The molecule has 114 valence electrons. The summed E-state index contributed by atoms with van der Waals surface area (Å²) in [6.45, 7) is 0. The van der Waals surface area contributed by atoms with E-state index in [0.29, 0.717) is 16.7 Å². The molecule has 23 heavy (non-hydrogen) atoms. The Morgan fingerprint density at radius 2 is 1.26 bits per heavy atom. The third-order valence-electron chi connectivity index (χ3n) is 3.60. The zero-order valence-corrected chi connectivity index (χ0v) is 12.1. The van der Waals surface area contributed by atoms with Gasteiger partial charge in [-0.1, -0.05) is 18.2 Å². The van der Waals surface area contributed by atoms with E-state index in [-0.39, 0.29) is 0 Å². The summed E-state index contributed by atoms with van der Waals surface area (Å²) >= 11 is 0. The lowest BCUT2D eigenvalue weighted by Gasteiger charge is -2.17. The number of hydrogen-bond acceptors (Lipinski definition) is 4. The maximum absolute atomic E-state index is 11.4. The molecule has 0 aliphatic rings. The average molecular weight is 306 g/mol. The summed E-state index contributed by atoms with van der Waals surface area (Å²) in [4.78, 5) is 19.3. The molecule has 1 aromatic carbocycles. The van der Waals surface area contributed by atoms with Crippen molar-refractivity contribution >= 4 is 5.97 Å². The van der Waals surface area contributed by atoms with E-state index in [1.165, 1.54) is 0 Å². The summed E-state index contributed by atoms with van der Waals surface area (Å²) in [6, 6.07) is 12.5. The molecule has 5 heteroatoms. The van der Waals surface area contributed by atoms with Crippen molar-refractivity contribution in [2.75, 3.05) is 0 Å². The van der Waals surface area contributed by atoms with Gasteiger partial charge < -0.3 is 10.2 Å². The van der Waals surface area contributed by atoms with E-state index in [1.807, 2.05) is 6.07 Å². The molecule has 2 N–H and O–H groups in total. The van der Waals surface area contributed by atoms with Gasteiger partial charge in [0.25, 0.3) is 0 Å². The van der Waals surface area contributed by atoms with Crippen molar-refractivity contribution in [1.29, 1.82) is 0 Å². The number of rotatable bonds is 4. The number of hydrogen-bond donors (Lipinski definition) is 2. The van der Waals surface area contributed by atoms with Crippen LogP contribution >= 0.6 is 0 Å². The first-order valence-electron chi connectivity index (χ1n) is 7.03. The van der Waals surface area contributed by atoms with Gasteiger partial charge in [-0.2, -0.15) is 0 Å². The summed E-state index contributed by atoms with van der Waals surface area (Å²) in [6.07, 6.45) is 4.90. The van der Waals surface area contributed by atoms with Gasteiger partial charge in [0.05, 0.1) is 0 Å². The van der Waals surface area contributed by atoms with E-state index in [2.05, 4.69) is 9.97 Å². The van der Waals surface area contributed by atoms with E-state index in [4.69, 9.17) is 0 Å². The Morgan fingerprint density at radius 3 is 1.65 bits per heavy atom. The van der Waals surface area contributed by atoms with Crippen LogP contribution in [0.25, 0.3) is 22.3 Å². The van der Waals surface area contributed by atoms with Crippen molar-refractivity contribution in [2.24, 2.45) is 0 Å². The Kier molecular flexibility index (Phi) is 4.12. The second-order valence-electron chi connectivity index (χ2n) is 4.98. The summed E-state index contributed by atoms with van der Waals surface area (Å²) in [5.74, 6) is -1.29. The molecule has 0 saturated heterocycles. The molecule has 0 saturated carbocycles. The van der Waals surface area contributed by atoms with E-state index in [1.54, 1.807) is 61.2 Å². The minimum Gasteiger partial charge on any atom is -0.479 e. The Morgan fingerprint density at radius 1 is 0.826 bits per heavy atom. The Labute approximate surface area is 132 Å². The fourth-order valence-electron chi connectivity index (χ4n) is 2.55. The summed E-state index contributed by atoms with van der Waals surface area (Å²) in [7, 11) is 0. The van der Waals surface area contributed by atoms with Gasteiger partial charge >= 0.3 is 5.97 Å². The van der Waals surface area contributed by atoms with Crippen LogP contribution in [0.3, 0.4) is 0 Å². The minimum atomic E-state index is -1.62. The number of carboxylic acids is 1. The van der Waals surface area contributed by atoms with E-state index < -0.39 is 12.1 Å². The predicted octanol–water partition coefficient (Wildman–Crippen LogP) is 2.93. The summed E-state index contributed by atoms with van der Waals surface area (Å²) in [5, 5.41) is 19.6. The third-order valence-corrected chi connectivity index (χ3v) is 3.60. The topological polar surface area (TPSA) is 83.3 Å². The number of pyridine rings is 2. The van der Waals surface area contributed by atoms with E-state index in [9.17, 15) is 15.0 Å². The van der Waals surface area contributed by atoms with Crippen LogP contribution in [0.5, 0.6) is 0 Å². The minimum absolute atomic E-state index is 0.359. The van der Waals surface area contributed by atoms with Crippen LogP contribution in [0, 0.1) is 0 Å². The SMILES string of the molecule is O=C(O)C(O)c1c(-c2ccncc2)cccc1-c1ccncc1. The van der Waals surface area contributed by atoms with E-state index in [0.717, 1.165) is 11.1 Å². The second-order valence-corrected chi connectivity index (χ2v) is 4.98. The van der Waals surface area contributed by atoms with Gasteiger partial charge in [0.1, 0.15) is 0 Å². The fraction of sp³-hybridized carbons (Fsp3) is 0.0556. The van der Waals surface area contributed by atoms with Crippen molar-refractivity contribution in [3.8, 4) is 22.3 Å². The van der Waals surface area contributed by atoms with Crippen LogP contribution in [-0.2, 0) is 4.79 Å². The Balaban J connectivity index is 2.27. The molecule has 0 bridgehead atoms. The standard InChI is InChI=1S/C18H14N2O3/c21-17(18(22)23)16-14(12-4-8-19-9-5-12)2-1-3-15(16)13-6-10-20-11-7-13/h1-11,17,21H,(H,22,23). The zero-order chi connectivity index (χ0) is 16.2. The fourth-order valence-corrected chi connectivity index (χ4v) is 2.55. The van der Waals surface area contributed by atoms with Gasteiger partial charge in [0, 0.05) is 30.4 Å². The molecule has 0 aliphatic heterocycles. The quantitative estimate of drug-likeness (QED) is 0.774. The molecule has 5 nitrogen and oxygen atoms in total. The van der Waals surface area contributed by atoms with Gasteiger partial charge in [0.15, 0.2) is 6.10 Å². The number of aromatic nitrogens is 2. The molecule has 0 fully saturated rings. The average Bonchev–Trinajstić information content (AvgIpc) is 2.62. The number of aliphatic hydroxyl groups excluding tert-OH is 1. The van der Waals surface area contributed by atoms with Crippen molar-refractivity contribution in [2.45, 2.75) is 6.10 Å². The summed E-state index contributed by atoms with van der Waals surface area (Å²) < 4.78 is 0. The van der Waals surface area contributed by atoms with Crippen LogP contribution < -0.4 is 0 Å². The van der Waals surface area contributed by atoms with Crippen LogP contribution in [-0.4, -0.2) is 26.2 Å². The number of carbonyl (C=O) groups is 1. The first-order valence-corrected chi connectivity index (χ1v) is 7.03. The first-order chi connectivity index (χ1) is 11.2. The maximum atomic E-state index is 11.4. The lowest BCUT2D eigenvalue weighted by Crippen LogP contribution is -2.13. The molecular weight excluding hydrogens is 292 g/mol.